The highest BCUT2D eigenvalue weighted by molar-refractivity contribution is 6.30. The number of nitrogens with zero attached hydrogens (tertiary/aromatic N) is 1. The smallest absolute Gasteiger partial charge is 0.259 e. The fraction of sp³-hybridized carbons (Fsp3) is 0.100. The number of amides is 1. The summed E-state index contributed by atoms with van der Waals surface area (Å²) in [6.45, 7) is 1.98. The lowest BCUT2D eigenvalue weighted by Gasteiger charge is -2.09. The molecule has 3 N–H and O–H groups in total. The summed E-state index contributed by atoms with van der Waals surface area (Å²) in [4.78, 5) is 12.0. The Morgan fingerprint density at radius 3 is 2.81 bits per heavy atom. The quantitative estimate of drug-likeness (QED) is 0.470. The fourth-order valence-electron chi connectivity index (χ4n) is 2.63. The molecule has 1 amide bonds. The third-order valence-corrected chi connectivity index (χ3v) is 4.19. The summed E-state index contributed by atoms with van der Waals surface area (Å²) in [5.41, 5.74) is 4.80. The van der Waals surface area contributed by atoms with Crippen molar-refractivity contribution in [3.63, 3.8) is 0 Å². The Kier molecular flexibility index (Phi) is 5.39. The van der Waals surface area contributed by atoms with Crippen LogP contribution in [-0.2, 0) is 4.79 Å². The molecule has 0 saturated heterocycles. The second-order valence-corrected chi connectivity index (χ2v) is 6.26. The predicted octanol–water partition coefficient (Wildman–Crippen LogP) is 4.07. The number of nitrogens with one attached hydrogen (secondary N) is 2. The number of hydrogen-bond donors (Lipinski definition) is 3. The molecule has 6 heteroatoms. The first kappa shape index (κ1) is 17.8. The van der Waals surface area contributed by atoms with E-state index >= 15 is 0 Å². The van der Waals surface area contributed by atoms with Crippen LogP contribution in [0.25, 0.3) is 10.8 Å². The number of halogens is 1. The molecule has 0 aromatic heterocycles. The van der Waals surface area contributed by atoms with Gasteiger partial charge in [-0.25, -0.2) is 5.43 Å². The molecule has 3 aromatic rings. The number of phenolic OH excluding ortho intramolecular Hbond substituents is 1. The van der Waals surface area contributed by atoms with Gasteiger partial charge >= 0.3 is 0 Å². The zero-order valence-electron chi connectivity index (χ0n) is 14.2. The normalized spacial score (nSPS) is 11.0. The van der Waals surface area contributed by atoms with Gasteiger partial charge in [0.25, 0.3) is 5.91 Å². The molecule has 0 fully saturated rings. The van der Waals surface area contributed by atoms with Crippen molar-refractivity contribution >= 4 is 40.2 Å². The monoisotopic (exact) mass is 367 g/mol. The van der Waals surface area contributed by atoms with E-state index in [-0.39, 0.29) is 18.2 Å². The van der Waals surface area contributed by atoms with Gasteiger partial charge in [-0.1, -0.05) is 41.9 Å². The van der Waals surface area contributed by atoms with Crippen molar-refractivity contribution in [1.82, 2.24) is 5.43 Å². The van der Waals surface area contributed by atoms with Crippen LogP contribution in [0.4, 0.5) is 5.69 Å². The van der Waals surface area contributed by atoms with Gasteiger partial charge in [-0.3, -0.25) is 4.79 Å². The van der Waals surface area contributed by atoms with Gasteiger partial charge in [0.05, 0.1) is 12.8 Å². The van der Waals surface area contributed by atoms with Gasteiger partial charge in [0.1, 0.15) is 5.75 Å². The molecule has 0 heterocycles. The minimum Gasteiger partial charge on any atom is -0.507 e. The van der Waals surface area contributed by atoms with Crippen LogP contribution >= 0.6 is 11.6 Å². The van der Waals surface area contributed by atoms with Gasteiger partial charge in [-0.2, -0.15) is 5.10 Å². The molecule has 0 atom stereocenters. The molecule has 0 bridgehead atoms. The molecular formula is C20H18ClN3O2. The number of fused-ring (bicyclic) bond motifs is 1. The first-order valence-corrected chi connectivity index (χ1v) is 8.45. The Balaban J connectivity index is 1.64. The third-order valence-electron chi connectivity index (χ3n) is 3.96. The zero-order chi connectivity index (χ0) is 18.5. The number of carbonyl (C=O) groups is 1. The van der Waals surface area contributed by atoms with Gasteiger partial charge in [0, 0.05) is 16.3 Å². The number of anilines is 1. The summed E-state index contributed by atoms with van der Waals surface area (Å²) in [7, 11) is 0. The molecular weight excluding hydrogens is 350 g/mol. The summed E-state index contributed by atoms with van der Waals surface area (Å²) in [6, 6.07) is 16.5. The number of benzene rings is 3. The highest BCUT2D eigenvalue weighted by Crippen LogP contribution is 2.25. The molecule has 3 rings (SSSR count). The first-order valence-electron chi connectivity index (χ1n) is 8.07. The zero-order valence-corrected chi connectivity index (χ0v) is 14.9. The van der Waals surface area contributed by atoms with Gasteiger partial charge in [0.15, 0.2) is 0 Å². The van der Waals surface area contributed by atoms with Crippen LogP contribution in [-0.4, -0.2) is 23.8 Å². The van der Waals surface area contributed by atoms with Gasteiger partial charge in [-0.15, -0.1) is 0 Å². The predicted molar refractivity (Wildman–Crippen MR) is 106 cm³/mol. The average Bonchev–Trinajstić information content (AvgIpc) is 2.63. The van der Waals surface area contributed by atoms with E-state index in [1.165, 1.54) is 6.21 Å². The van der Waals surface area contributed by atoms with Gasteiger partial charge in [0.2, 0.25) is 0 Å². The number of rotatable bonds is 5. The van der Waals surface area contributed by atoms with Crippen molar-refractivity contribution in [3.05, 3.63) is 70.7 Å². The Bertz CT molecular complexity index is 986. The summed E-state index contributed by atoms with van der Waals surface area (Å²) >= 11 is 5.91. The molecule has 26 heavy (non-hydrogen) atoms. The Morgan fingerprint density at radius 2 is 2.00 bits per heavy atom. The van der Waals surface area contributed by atoms with E-state index in [1.807, 2.05) is 49.4 Å². The van der Waals surface area contributed by atoms with Crippen LogP contribution in [0.3, 0.4) is 0 Å². The molecule has 0 aliphatic heterocycles. The Hall–Kier alpha value is -3.05. The molecule has 5 nitrogen and oxygen atoms in total. The number of carbonyl (C=O) groups excluding carboxylic acids is 1. The maximum atomic E-state index is 12.0. The highest BCUT2D eigenvalue weighted by atomic mass is 35.5. The Labute approximate surface area is 156 Å². The molecule has 0 spiro atoms. The molecule has 0 aliphatic carbocycles. The molecule has 132 valence electrons. The fourth-order valence-corrected chi connectivity index (χ4v) is 2.86. The van der Waals surface area contributed by atoms with E-state index in [4.69, 9.17) is 11.6 Å². The van der Waals surface area contributed by atoms with Crippen LogP contribution in [0.2, 0.25) is 5.02 Å². The minimum atomic E-state index is -0.296. The number of hydrogen-bond acceptors (Lipinski definition) is 4. The molecule has 0 unspecified atom stereocenters. The topological polar surface area (TPSA) is 73.7 Å². The highest BCUT2D eigenvalue weighted by Gasteiger charge is 2.05. The maximum Gasteiger partial charge on any atom is 0.259 e. The third kappa shape index (κ3) is 4.13. The molecule has 0 saturated carbocycles. The van der Waals surface area contributed by atoms with Crippen molar-refractivity contribution in [2.45, 2.75) is 6.92 Å². The Morgan fingerprint density at radius 1 is 1.19 bits per heavy atom. The summed E-state index contributed by atoms with van der Waals surface area (Å²) < 4.78 is 0. The van der Waals surface area contributed by atoms with Crippen molar-refractivity contribution in [3.8, 4) is 5.75 Å². The number of aryl methyl sites for hydroxylation is 1. The standard InChI is InChI=1S/C20H18ClN3O2/c1-13-10-15(21)7-8-18(13)22-12-20(26)24-23-11-17-16-5-3-2-4-14(16)6-9-19(17)25/h2-11,22,25H,12H2,1H3,(H,24,26)/b23-11+. The van der Waals surface area contributed by atoms with Crippen LogP contribution in [0.15, 0.2) is 59.7 Å². The van der Waals surface area contributed by atoms with Crippen LogP contribution in [0.1, 0.15) is 11.1 Å². The van der Waals surface area contributed by atoms with E-state index in [1.54, 1.807) is 12.1 Å². The SMILES string of the molecule is Cc1cc(Cl)ccc1NCC(=O)N/N=C/c1c(O)ccc2ccccc12. The van der Waals surface area contributed by atoms with Gasteiger partial charge < -0.3 is 10.4 Å². The maximum absolute atomic E-state index is 12.0. The lowest BCUT2D eigenvalue weighted by Crippen LogP contribution is -2.26. The number of phenols is 1. The van der Waals surface area contributed by atoms with E-state index in [0.29, 0.717) is 10.6 Å². The van der Waals surface area contributed by atoms with Crippen LogP contribution < -0.4 is 10.7 Å². The summed E-state index contributed by atoms with van der Waals surface area (Å²) in [5, 5.41) is 19.5. The lowest BCUT2D eigenvalue weighted by atomic mass is 10.0. The van der Waals surface area contributed by atoms with Crippen LogP contribution in [0.5, 0.6) is 5.75 Å². The number of aromatic hydroxyl groups is 1. The van der Waals surface area contributed by atoms with E-state index in [0.717, 1.165) is 22.0 Å². The van der Waals surface area contributed by atoms with Crippen molar-refractivity contribution < 1.29 is 9.90 Å². The van der Waals surface area contributed by atoms with Crippen molar-refractivity contribution in [2.75, 3.05) is 11.9 Å². The molecule has 0 aliphatic rings. The molecule has 3 aromatic carbocycles. The van der Waals surface area contributed by atoms with E-state index in [2.05, 4.69) is 15.8 Å². The second-order valence-electron chi connectivity index (χ2n) is 5.83. The first-order chi connectivity index (χ1) is 12.5. The largest absolute Gasteiger partial charge is 0.507 e. The number of hydrazone groups is 1. The molecule has 0 radical (unpaired) electrons. The summed E-state index contributed by atoms with van der Waals surface area (Å²) in [5.74, 6) is -0.188. The van der Waals surface area contributed by atoms with E-state index in [9.17, 15) is 9.90 Å². The van der Waals surface area contributed by atoms with Crippen LogP contribution in [0, 0.1) is 6.92 Å². The average molecular weight is 368 g/mol. The lowest BCUT2D eigenvalue weighted by molar-refractivity contribution is -0.119. The second kappa shape index (κ2) is 7.89. The van der Waals surface area contributed by atoms with Gasteiger partial charge in [-0.05, 0) is 47.5 Å². The van der Waals surface area contributed by atoms with E-state index < -0.39 is 0 Å². The van der Waals surface area contributed by atoms with Crippen molar-refractivity contribution in [2.24, 2.45) is 5.10 Å². The summed E-state index contributed by atoms with van der Waals surface area (Å²) in [6.07, 6.45) is 1.45. The van der Waals surface area contributed by atoms with Crippen molar-refractivity contribution in [1.29, 1.82) is 0 Å². The minimum absolute atomic E-state index is 0.0708.